The molecule has 0 amide bonds. The minimum absolute atomic E-state index is 0.00374. The van der Waals surface area contributed by atoms with Crippen molar-refractivity contribution in [3.8, 4) is 6.19 Å². The van der Waals surface area contributed by atoms with Crippen LogP contribution in [0.1, 0.15) is 11.3 Å². The van der Waals surface area contributed by atoms with Gasteiger partial charge in [0, 0.05) is 29.0 Å². The monoisotopic (exact) mass is 283 g/mol. The van der Waals surface area contributed by atoms with E-state index in [0.717, 1.165) is 16.4 Å². The van der Waals surface area contributed by atoms with Gasteiger partial charge in [-0.3, -0.25) is 0 Å². The van der Waals surface area contributed by atoms with Crippen LogP contribution in [0, 0.1) is 11.5 Å². The zero-order chi connectivity index (χ0) is 13.4. The van der Waals surface area contributed by atoms with E-state index in [1.54, 1.807) is 24.2 Å². The van der Waals surface area contributed by atoms with E-state index in [4.69, 9.17) is 22.5 Å². The Morgan fingerprint density at radius 1 is 1.50 bits per heavy atom. The summed E-state index contributed by atoms with van der Waals surface area (Å²) < 4.78 is 0. The first-order valence-corrected chi connectivity index (χ1v) is 6.92. The van der Waals surface area contributed by atoms with Crippen molar-refractivity contribution in [2.75, 3.05) is 5.75 Å². The molecule has 1 aromatic rings. The van der Waals surface area contributed by atoms with Gasteiger partial charge in [0.2, 0.25) is 11.3 Å². The number of nitrogens with zero attached hydrogens (tertiary/aromatic N) is 4. The van der Waals surface area contributed by atoms with E-state index in [1.807, 2.05) is 0 Å². The molecular formula is C9H13N7S2. The third kappa shape index (κ3) is 5.51. The summed E-state index contributed by atoms with van der Waals surface area (Å²) in [6.45, 7) is 0. The lowest BCUT2D eigenvalue weighted by molar-refractivity contribution is 1.24. The molecule has 96 valence electrons. The minimum atomic E-state index is 0.00374. The molecule has 0 saturated heterocycles. The Labute approximate surface area is 113 Å². The maximum Gasteiger partial charge on any atom is 0.212 e. The van der Waals surface area contributed by atoms with E-state index in [9.17, 15) is 0 Å². The van der Waals surface area contributed by atoms with Crippen LogP contribution in [-0.2, 0) is 5.75 Å². The summed E-state index contributed by atoms with van der Waals surface area (Å²) in [5.74, 6) is 1.96. The number of guanidine groups is 1. The lowest BCUT2D eigenvalue weighted by atomic mass is 10.4. The number of nitrogens with two attached hydrogens (primary N) is 3. The normalized spacial score (nSPS) is 10.9. The molecule has 1 aromatic heterocycles. The van der Waals surface area contributed by atoms with Gasteiger partial charge in [-0.05, 0) is 0 Å². The number of aliphatic imine (C=N–C) groups is 2. The number of rotatable bonds is 6. The summed E-state index contributed by atoms with van der Waals surface area (Å²) >= 11 is 3.12. The van der Waals surface area contributed by atoms with Gasteiger partial charge in [0.25, 0.3) is 0 Å². The number of nitriles is 1. The fourth-order valence-corrected chi connectivity index (χ4v) is 2.85. The number of hydrogen-bond acceptors (Lipinski definition) is 6. The molecule has 1 rings (SSSR count). The third-order valence-electron chi connectivity index (χ3n) is 1.71. The van der Waals surface area contributed by atoms with Gasteiger partial charge in [-0.25, -0.2) is 4.98 Å². The second-order valence-corrected chi connectivity index (χ2v) is 5.35. The molecule has 0 fully saturated rings. The molecule has 6 N–H and O–H groups in total. The Morgan fingerprint density at radius 3 is 2.94 bits per heavy atom. The zero-order valence-corrected chi connectivity index (χ0v) is 11.2. The smallest absolute Gasteiger partial charge is 0.212 e. The number of thiazole rings is 1. The summed E-state index contributed by atoms with van der Waals surface area (Å²) in [7, 11) is 0. The van der Waals surface area contributed by atoms with Crippen LogP contribution in [0.15, 0.2) is 16.2 Å². The van der Waals surface area contributed by atoms with Gasteiger partial charge in [0.15, 0.2) is 5.96 Å². The minimum Gasteiger partial charge on any atom is -0.386 e. The molecule has 0 aromatic carbocycles. The number of aromatic nitrogens is 1. The van der Waals surface area contributed by atoms with E-state index in [0.29, 0.717) is 17.4 Å². The average Bonchev–Trinajstić information content (AvgIpc) is 2.71. The Kier molecular flexibility index (Phi) is 5.96. The van der Waals surface area contributed by atoms with Crippen molar-refractivity contribution in [1.29, 1.82) is 5.26 Å². The highest BCUT2D eigenvalue weighted by Crippen LogP contribution is 2.24. The molecule has 0 aliphatic rings. The molecule has 9 heteroatoms. The van der Waals surface area contributed by atoms with E-state index < -0.39 is 0 Å². The van der Waals surface area contributed by atoms with Gasteiger partial charge >= 0.3 is 0 Å². The summed E-state index contributed by atoms with van der Waals surface area (Å²) in [6.07, 6.45) is 3.99. The number of amidine groups is 1. The van der Waals surface area contributed by atoms with Crippen LogP contribution in [0.2, 0.25) is 0 Å². The van der Waals surface area contributed by atoms with Crippen molar-refractivity contribution < 1.29 is 0 Å². The van der Waals surface area contributed by atoms with Crippen LogP contribution in [0.4, 0.5) is 5.13 Å². The Hall–Kier alpha value is -1.79. The zero-order valence-electron chi connectivity index (χ0n) is 9.54. The summed E-state index contributed by atoms with van der Waals surface area (Å²) in [4.78, 5) is 12.4. The van der Waals surface area contributed by atoms with E-state index in [-0.39, 0.29) is 5.96 Å². The first kappa shape index (κ1) is 14.3. The largest absolute Gasteiger partial charge is 0.386 e. The lowest BCUT2D eigenvalue weighted by Gasteiger charge is -1.97. The van der Waals surface area contributed by atoms with Gasteiger partial charge in [0.1, 0.15) is 5.84 Å². The molecule has 0 atom stereocenters. The molecule has 0 unspecified atom stereocenters. The van der Waals surface area contributed by atoms with Crippen LogP contribution in [-0.4, -0.2) is 22.5 Å². The van der Waals surface area contributed by atoms with Crippen molar-refractivity contribution in [2.24, 2.45) is 27.2 Å². The molecule has 7 nitrogen and oxygen atoms in total. The Bertz CT molecular complexity index is 481. The van der Waals surface area contributed by atoms with Crippen molar-refractivity contribution in [3.63, 3.8) is 0 Å². The van der Waals surface area contributed by atoms with E-state index in [2.05, 4.69) is 15.0 Å². The Morgan fingerprint density at radius 2 is 2.28 bits per heavy atom. The fraction of sp³-hybridized carbons (Fsp3) is 0.333. The molecule has 0 aliphatic carbocycles. The second-order valence-electron chi connectivity index (χ2n) is 3.15. The topological polar surface area (TPSA) is 139 Å². The van der Waals surface area contributed by atoms with Gasteiger partial charge in [-0.1, -0.05) is 11.3 Å². The highest BCUT2D eigenvalue weighted by Gasteiger charge is 2.02. The summed E-state index contributed by atoms with van der Waals surface area (Å²) in [5.41, 5.74) is 16.0. The van der Waals surface area contributed by atoms with Gasteiger partial charge in [-0.15, -0.1) is 0 Å². The number of thioether (sulfide) groups is 1. The van der Waals surface area contributed by atoms with Crippen LogP contribution in [0.5, 0.6) is 0 Å². The molecule has 0 radical (unpaired) electrons. The summed E-state index contributed by atoms with van der Waals surface area (Å²) in [5, 5.41) is 8.83. The quantitative estimate of drug-likeness (QED) is 0.301. The molecular weight excluding hydrogens is 270 g/mol. The van der Waals surface area contributed by atoms with Gasteiger partial charge in [0.05, 0.1) is 0 Å². The third-order valence-corrected chi connectivity index (χ3v) is 3.79. The molecule has 0 spiro atoms. The van der Waals surface area contributed by atoms with Crippen molar-refractivity contribution in [1.82, 2.24) is 4.98 Å². The highest BCUT2D eigenvalue weighted by molar-refractivity contribution is 7.98. The molecule has 18 heavy (non-hydrogen) atoms. The van der Waals surface area contributed by atoms with Gasteiger partial charge < -0.3 is 17.2 Å². The predicted octanol–water partition coefficient (Wildman–Crippen LogP) is 0.510. The average molecular weight is 283 g/mol. The van der Waals surface area contributed by atoms with E-state index in [1.165, 1.54) is 11.3 Å². The van der Waals surface area contributed by atoms with Crippen molar-refractivity contribution >= 4 is 40.0 Å². The van der Waals surface area contributed by atoms with Crippen molar-refractivity contribution in [3.05, 3.63) is 11.1 Å². The van der Waals surface area contributed by atoms with Crippen LogP contribution >= 0.6 is 23.1 Å². The molecule has 0 bridgehead atoms. The lowest BCUT2D eigenvalue weighted by Crippen LogP contribution is -2.21. The number of hydrogen-bond donors (Lipinski definition) is 3. The fourth-order valence-electron chi connectivity index (χ4n) is 0.996. The van der Waals surface area contributed by atoms with Crippen LogP contribution in [0.3, 0.4) is 0 Å². The second kappa shape index (κ2) is 7.52. The van der Waals surface area contributed by atoms with Crippen LogP contribution in [0.25, 0.3) is 0 Å². The van der Waals surface area contributed by atoms with Crippen molar-refractivity contribution in [2.45, 2.75) is 12.2 Å². The van der Waals surface area contributed by atoms with Crippen LogP contribution < -0.4 is 17.2 Å². The van der Waals surface area contributed by atoms with Gasteiger partial charge in [-0.2, -0.15) is 27.0 Å². The Balaban J connectivity index is 2.32. The molecule has 1 heterocycles. The standard InChI is InChI=1S/C9H13N7S2/c10-5-15-7(11)1-2-17-4-6-3-14-9(18-6)16-8(12)13/h3H,1-2,4H2,(H2,11,15)(H4,12,13,14,16). The van der Waals surface area contributed by atoms with E-state index >= 15 is 0 Å². The first-order chi connectivity index (χ1) is 8.61. The SMILES string of the molecule is N#CN=C(N)CCSCc1cnc(N=C(N)N)s1. The highest BCUT2D eigenvalue weighted by atomic mass is 32.2. The molecule has 0 saturated carbocycles. The maximum atomic E-state index is 8.28. The predicted molar refractivity (Wildman–Crippen MR) is 75.6 cm³/mol. The first-order valence-electron chi connectivity index (χ1n) is 4.95. The molecule has 0 aliphatic heterocycles. The summed E-state index contributed by atoms with van der Waals surface area (Å²) in [6, 6.07) is 0. The maximum absolute atomic E-state index is 8.28.